The Morgan fingerprint density at radius 1 is 0.941 bits per heavy atom. The van der Waals surface area contributed by atoms with Crippen LogP contribution in [0.3, 0.4) is 0 Å². The van der Waals surface area contributed by atoms with E-state index in [-0.39, 0.29) is 22.9 Å². The van der Waals surface area contributed by atoms with E-state index >= 15 is 0 Å². The number of rotatable bonds is 4. The molecule has 1 aromatic heterocycles. The molecule has 2 fully saturated rings. The van der Waals surface area contributed by atoms with Gasteiger partial charge in [0.2, 0.25) is 17.6 Å². The molecule has 4 atom stereocenters. The third-order valence-corrected chi connectivity index (χ3v) is 6.77. The number of nitro groups is 1. The summed E-state index contributed by atoms with van der Waals surface area (Å²) in [7, 11) is 0. The molecule has 2 saturated heterocycles. The molecule has 3 aromatic rings. The van der Waals surface area contributed by atoms with Gasteiger partial charge in [0.05, 0.1) is 34.8 Å². The predicted octanol–water partition coefficient (Wildman–Crippen LogP) is 3.46. The van der Waals surface area contributed by atoms with E-state index in [4.69, 9.17) is 4.42 Å². The lowest BCUT2D eigenvalue weighted by molar-refractivity contribution is -0.384. The SMILES string of the molecule is O=C(c1ccco1)[C@@H]1[C@H]2C(=O)N(c3ccc([N+](=O)[O-])cc3)C(=O)[C@@H]2[C@H]2C=Cc3ccccc3N21. The first kappa shape index (κ1) is 20.1. The van der Waals surface area contributed by atoms with Crippen LogP contribution in [0, 0.1) is 22.0 Å². The quantitative estimate of drug-likeness (QED) is 0.256. The number of nitrogens with zero attached hydrogens (tertiary/aromatic N) is 3. The highest BCUT2D eigenvalue weighted by Gasteiger charge is 2.64. The van der Waals surface area contributed by atoms with Gasteiger partial charge in [-0.2, -0.15) is 0 Å². The summed E-state index contributed by atoms with van der Waals surface area (Å²) in [6.07, 6.45) is 5.16. The molecular weight excluding hydrogens is 438 g/mol. The molecule has 0 bridgehead atoms. The molecule has 0 unspecified atom stereocenters. The Hall–Kier alpha value is -4.53. The van der Waals surface area contributed by atoms with Crippen LogP contribution in [0.15, 0.2) is 77.4 Å². The average Bonchev–Trinajstić information content (AvgIpc) is 3.55. The van der Waals surface area contributed by atoms with Gasteiger partial charge >= 0.3 is 0 Å². The number of furan rings is 1. The molecule has 9 nitrogen and oxygen atoms in total. The summed E-state index contributed by atoms with van der Waals surface area (Å²) in [4.78, 5) is 54.3. The van der Waals surface area contributed by atoms with Gasteiger partial charge in [-0.15, -0.1) is 0 Å². The molecule has 168 valence electrons. The Kier molecular flexibility index (Phi) is 4.28. The number of nitro benzene ring substituents is 1. The molecule has 4 heterocycles. The second-order valence-electron chi connectivity index (χ2n) is 8.44. The highest BCUT2D eigenvalue weighted by molar-refractivity contribution is 6.25. The van der Waals surface area contributed by atoms with Crippen molar-refractivity contribution in [2.24, 2.45) is 11.8 Å². The lowest BCUT2D eigenvalue weighted by Crippen LogP contribution is -2.48. The van der Waals surface area contributed by atoms with Crippen molar-refractivity contribution < 1.29 is 23.7 Å². The smallest absolute Gasteiger partial charge is 0.269 e. The Morgan fingerprint density at radius 2 is 1.68 bits per heavy atom. The van der Waals surface area contributed by atoms with E-state index < -0.39 is 40.7 Å². The molecule has 0 N–H and O–H groups in total. The molecule has 0 saturated carbocycles. The van der Waals surface area contributed by atoms with Gasteiger partial charge < -0.3 is 9.32 Å². The number of imide groups is 1. The number of anilines is 2. The van der Waals surface area contributed by atoms with Crippen molar-refractivity contribution in [2.45, 2.75) is 12.1 Å². The molecule has 9 heteroatoms. The van der Waals surface area contributed by atoms with Gasteiger partial charge in [-0.05, 0) is 35.9 Å². The summed E-state index contributed by atoms with van der Waals surface area (Å²) in [5, 5.41) is 11.0. The van der Waals surface area contributed by atoms with Crippen LogP contribution in [0.4, 0.5) is 17.1 Å². The normalized spacial score (nSPS) is 24.7. The van der Waals surface area contributed by atoms with Crippen molar-refractivity contribution in [3.8, 4) is 0 Å². The van der Waals surface area contributed by atoms with E-state index in [1.165, 1.54) is 30.5 Å². The summed E-state index contributed by atoms with van der Waals surface area (Å²) in [6.45, 7) is 0. The maximum absolute atomic E-state index is 13.7. The monoisotopic (exact) mass is 455 g/mol. The molecule has 0 radical (unpaired) electrons. The molecular formula is C25H17N3O6. The Labute approximate surface area is 193 Å². The fourth-order valence-corrected chi connectivity index (χ4v) is 5.36. The van der Waals surface area contributed by atoms with Crippen molar-refractivity contribution in [3.05, 3.63) is 94.4 Å². The molecule has 0 aliphatic carbocycles. The molecule has 2 aromatic carbocycles. The fraction of sp³-hybridized carbons (Fsp3) is 0.160. The average molecular weight is 455 g/mol. The molecule has 2 amide bonds. The molecule has 6 rings (SSSR count). The van der Waals surface area contributed by atoms with Crippen LogP contribution in [-0.4, -0.2) is 34.6 Å². The highest BCUT2D eigenvalue weighted by Crippen LogP contribution is 2.49. The van der Waals surface area contributed by atoms with Crippen molar-refractivity contribution >= 4 is 40.7 Å². The predicted molar refractivity (Wildman–Crippen MR) is 121 cm³/mol. The minimum absolute atomic E-state index is 0.116. The van der Waals surface area contributed by atoms with Crippen LogP contribution in [-0.2, 0) is 9.59 Å². The van der Waals surface area contributed by atoms with E-state index in [2.05, 4.69) is 0 Å². The Bertz CT molecular complexity index is 1380. The number of benzene rings is 2. The van der Waals surface area contributed by atoms with Gasteiger partial charge in [0.1, 0.15) is 6.04 Å². The summed E-state index contributed by atoms with van der Waals surface area (Å²) >= 11 is 0. The lowest BCUT2D eigenvalue weighted by Gasteiger charge is -2.36. The number of amides is 2. The van der Waals surface area contributed by atoms with Crippen molar-refractivity contribution in [1.82, 2.24) is 0 Å². The highest BCUT2D eigenvalue weighted by atomic mass is 16.6. The van der Waals surface area contributed by atoms with Gasteiger partial charge in [0.25, 0.3) is 5.69 Å². The number of hydrogen-bond acceptors (Lipinski definition) is 7. The van der Waals surface area contributed by atoms with Crippen LogP contribution >= 0.6 is 0 Å². The van der Waals surface area contributed by atoms with Crippen LogP contribution < -0.4 is 9.80 Å². The van der Waals surface area contributed by atoms with E-state index in [0.29, 0.717) is 0 Å². The number of non-ortho nitro benzene ring substituents is 1. The number of carbonyl (C=O) groups is 3. The lowest BCUT2D eigenvalue weighted by atomic mass is 9.87. The van der Waals surface area contributed by atoms with Crippen LogP contribution in [0.1, 0.15) is 16.1 Å². The second kappa shape index (κ2) is 7.24. The van der Waals surface area contributed by atoms with Crippen LogP contribution in [0.25, 0.3) is 6.08 Å². The summed E-state index contributed by atoms with van der Waals surface area (Å²) in [5.41, 5.74) is 1.76. The largest absolute Gasteiger partial charge is 0.461 e. The standard InChI is InChI=1S/C25H17N3O6/c29-23(19-6-3-13-34-19)22-21-20(18-12-7-14-4-1-2-5-17(14)27(18)22)24(30)26(25(21)31)15-8-10-16(11-9-15)28(32)33/h1-13,18,20-22H/t18-,20-,21+,22+/m1/s1. The Morgan fingerprint density at radius 3 is 2.38 bits per heavy atom. The minimum atomic E-state index is -0.938. The zero-order valence-corrected chi connectivity index (χ0v) is 17.6. The number of fused-ring (bicyclic) bond motifs is 5. The van der Waals surface area contributed by atoms with Gasteiger partial charge in [0.15, 0.2) is 5.76 Å². The summed E-state index contributed by atoms with van der Waals surface area (Å²) in [6, 6.07) is 14.5. The molecule has 3 aliphatic heterocycles. The first-order chi connectivity index (χ1) is 16.5. The molecule has 3 aliphatic rings. The van der Waals surface area contributed by atoms with E-state index in [1.807, 2.05) is 41.3 Å². The Balaban J connectivity index is 1.46. The maximum atomic E-state index is 13.7. The summed E-state index contributed by atoms with van der Waals surface area (Å²) in [5.74, 6) is -2.91. The second-order valence-corrected chi connectivity index (χ2v) is 8.44. The summed E-state index contributed by atoms with van der Waals surface area (Å²) < 4.78 is 5.37. The third kappa shape index (κ3) is 2.70. The number of ketones is 1. The molecule has 0 spiro atoms. The number of carbonyl (C=O) groups excluding carboxylic acids is 3. The van der Waals surface area contributed by atoms with Crippen molar-refractivity contribution in [2.75, 3.05) is 9.80 Å². The maximum Gasteiger partial charge on any atom is 0.269 e. The third-order valence-electron chi connectivity index (χ3n) is 6.77. The first-order valence-corrected chi connectivity index (χ1v) is 10.7. The van der Waals surface area contributed by atoms with Gasteiger partial charge in [-0.1, -0.05) is 30.4 Å². The van der Waals surface area contributed by atoms with Crippen LogP contribution in [0.2, 0.25) is 0 Å². The van der Waals surface area contributed by atoms with Crippen molar-refractivity contribution in [1.29, 1.82) is 0 Å². The number of hydrogen-bond donors (Lipinski definition) is 0. The first-order valence-electron chi connectivity index (χ1n) is 10.7. The zero-order chi connectivity index (χ0) is 23.6. The molecule has 34 heavy (non-hydrogen) atoms. The van der Waals surface area contributed by atoms with E-state index in [9.17, 15) is 24.5 Å². The topological polar surface area (TPSA) is 114 Å². The van der Waals surface area contributed by atoms with Crippen LogP contribution in [0.5, 0.6) is 0 Å². The fourth-order valence-electron chi connectivity index (χ4n) is 5.36. The van der Waals surface area contributed by atoms with Gasteiger partial charge in [0, 0.05) is 17.8 Å². The number of para-hydroxylation sites is 1. The van der Waals surface area contributed by atoms with E-state index in [0.717, 1.165) is 16.2 Å². The van der Waals surface area contributed by atoms with Crippen molar-refractivity contribution in [3.63, 3.8) is 0 Å². The minimum Gasteiger partial charge on any atom is -0.461 e. The zero-order valence-electron chi connectivity index (χ0n) is 17.6. The van der Waals surface area contributed by atoms with Gasteiger partial charge in [-0.3, -0.25) is 24.5 Å². The van der Waals surface area contributed by atoms with Gasteiger partial charge in [-0.25, -0.2) is 4.90 Å². The number of Topliss-reactive ketones (excluding diaryl/α,β-unsaturated/α-hetero) is 1. The van der Waals surface area contributed by atoms with E-state index in [1.54, 1.807) is 12.1 Å².